The predicted molar refractivity (Wildman–Crippen MR) is 91.3 cm³/mol. The van der Waals surface area contributed by atoms with E-state index in [-0.39, 0.29) is 0 Å². The lowest BCUT2D eigenvalue weighted by molar-refractivity contribution is -0.138. The molecule has 0 aromatic heterocycles. The van der Waals surface area contributed by atoms with Crippen LogP contribution in [0.25, 0.3) is 0 Å². The molecule has 0 saturated carbocycles. The van der Waals surface area contributed by atoms with Crippen LogP contribution in [0, 0.1) is 0 Å². The van der Waals surface area contributed by atoms with Crippen molar-refractivity contribution in [3.63, 3.8) is 0 Å². The minimum Gasteiger partial charge on any atom is -0.324 e. The van der Waals surface area contributed by atoms with Crippen molar-refractivity contribution >= 4 is 21.6 Å². The van der Waals surface area contributed by atoms with Gasteiger partial charge in [-0.25, -0.2) is 8.42 Å². The average Bonchev–Trinajstić information content (AvgIpc) is 2.60. The zero-order valence-corrected chi connectivity index (χ0v) is 15.5. The van der Waals surface area contributed by atoms with Crippen molar-refractivity contribution in [1.82, 2.24) is 4.31 Å². The van der Waals surface area contributed by atoms with Crippen molar-refractivity contribution in [1.29, 1.82) is 0 Å². The van der Waals surface area contributed by atoms with E-state index in [1.165, 1.54) is 6.07 Å². The lowest BCUT2D eigenvalue weighted by atomic mass is 10.1. The monoisotopic (exact) mass is 440 g/mol. The molecule has 5 nitrogen and oxygen atoms in total. The number of alkyl halides is 6. The fourth-order valence-corrected chi connectivity index (χ4v) is 3.50. The molecule has 158 valence electrons. The van der Waals surface area contributed by atoms with Gasteiger partial charge in [-0.1, -0.05) is 18.2 Å². The minimum absolute atomic E-state index is 0.405. The lowest BCUT2D eigenvalue weighted by Crippen LogP contribution is -2.35. The second-order valence-corrected chi connectivity index (χ2v) is 7.92. The number of rotatable bonds is 5. The first-order chi connectivity index (χ1) is 13.2. The highest BCUT2D eigenvalue weighted by molar-refractivity contribution is 7.89. The van der Waals surface area contributed by atoms with Crippen molar-refractivity contribution in [3.05, 3.63) is 59.7 Å². The molecule has 0 unspecified atom stereocenters. The van der Waals surface area contributed by atoms with E-state index in [9.17, 15) is 39.6 Å². The maximum Gasteiger partial charge on any atom is 0.418 e. The molecule has 29 heavy (non-hydrogen) atoms. The standard InChI is InChI=1S/C17H14F6N2O3S/c1-25(29(27,28)12-6-4-5-11(9-12)16(18,19)20)10-15(26)24-14-8-3-2-7-13(14)17(21,22)23/h2-9H,10H2,1H3,(H,24,26). The highest BCUT2D eigenvalue weighted by atomic mass is 32.2. The van der Waals surface area contributed by atoms with E-state index in [1.807, 2.05) is 5.32 Å². The Hall–Kier alpha value is -2.60. The maximum atomic E-state index is 13.0. The number of hydrogen-bond acceptors (Lipinski definition) is 3. The smallest absolute Gasteiger partial charge is 0.324 e. The van der Waals surface area contributed by atoms with Gasteiger partial charge in [0.1, 0.15) is 0 Å². The van der Waals surface area contributed by atoms with Gasteiger partial charge in [-0.15, -0.1) is 0 Å². The van der Waals surface area contributed by atoms with E-state index in [2.05, 4.69) is 0 Å². The summed E-state index contributed by atoms with van der Waals surface area (Å²) in [5.74, 6) is -1.10. The van der Waals surface area contributed by atoms with Crippen LogP contribution in [0.3, 0.4) is 0 Å². The molecule has 0 bridgehead atoms. The van der Waals surface area contributed by atoms with Gasteiger partial charge in [0, 0.05) is 7.05 Å². The first kappa shape index (κ1) is 22.7. The Morgan fingerprint density at radius 2 is 1.59 bits per heavy atom. The summed E-state index contributed by atoms with van der Waals surface area (Å²) >= 11 is 0. The first-order valence-corrected chi connectivity index (χ1v) is 9.26. The Balaban J connectivity index is 2.20. The van der Waals surface area contributed by atoms with Crippen LogP contribution in [0.5, 0.6) is 0 Å². The number of sulfonamides is 1. The number of anilines is 1. The molecule has 0 aliphatic heterocycles. The summed E-state index contributed by atoms with van der Waals surface area (Å²) in [6, 6.07) is 6.97. The summed E-state index contributed by atoms with van der Waals surface area (Å²) in [7, 11) is -3.58. The minimum atomic E-state index is -4.78. The van der Waals surface area contributed by atoms with Crippen LogP contribution in [0.2, 0.25) is 0 Å². The average molecular weight is 440 g/mol. The molecule has 2 aromatic rings. The highest BCUT2D eigenvalue weighted by Crippen LogP contribution is 2.34. The number of benzene rings is 2. The molecule has 0 fully saturated rings. The van der Waals surface area contributed by atoms with Crippen LogP contribution >= 0.6 is 0 Å². The molecule has 0 aliphatic rings. The molecular weight excluding hydrogens is 426 g/mol. The molecule has 0 aliphatic carbocycles. The maximum absolute atomic E-state index is 13.0. The Morgan fingerprint density at radius 3 is 2.17 bits per heavy atom. The fraction of sp³-hybridized carbons (Fsp3) is 0.235. The molecule has 0 spiro atoms. The zero-order valence-electron chi connectivity index (χ0n) is 14.7. The second-order valence-electron chi connectivity index (χ2n) is 5.88. The Labute approximate surface area is 162 Å². The normalized spacial score (nSPS) is 12.8. The first-order valence-electron chi connectivity index (χ1n) is 7.82. The third-order valence-corrected chi connectivity index (χ3v) is 5.54. The molecule has 0 atom stereocenters. The summed E-state index contributed by atoms with van der Waals surface area (Å²) in [6.45, 7) is -0.912. The largest absolute Gasteiger partial charge is 0.418 e. The molecule has 0 heterocycles. The Morgan fingerprint density at radius 1 is 0.966 bits per heavy atom. The van der Waals surface area contributed by atoms with E-state index in [0.29, 0.717) is 16.4 Å². The molecule has 1 N–H and O–H groups in total. The number of carbonyl (C=O) groups excluding carboxylic acids is 1. The number of carbonyl (C=O) groups is 1. The topological polar surface area (TPSA) is 66.5 Å². The number of nitrogens with one attached hydrogen (secondary N) is 1. The van der Waals surface area contributed by atoms with Crippen molar-refractivity contribution < 1.29 is 39.6 Å². The third kappa shape index (κ3) is 5.48. The van der Waals surface area contributed by atoms with Gasteiger partial charge in [0.05, 0.1) is 28.3 Å². The van der Waals surface area contributed by atoms with Gasteiger partial charge in [-0.3, -0.25) is 4.79 Å². The van der Waals surface area contributed by atoms with Crippen molar-refractivity contribution in [2.75, 3.05) is 18.9 Å². The Kier molecular flexibility index (Phi) is 6.28. The van der Waals surface area contributed by atoms with Crippen molar-refractivity contribution in [2.24, 2.45) is 0 Å². The van der Waals surface area contributed by atoms with Gasteiger partial charge in [-0.2, -0.15) is 30.6 Å². The summed E-state index contributed by atoms with van der Waals surface area (Å²) in [5.41, 5.74) is -2.90. The fourth-order valence-electron chi connectivity index (χ4n) is 2.33. The van der Waals surface area contributed by atoms with Crippen LogP contribution in [0.4, 0.5) is 32.0 Å². The second kappa shape index (κ2) is 8.03. The van der Waals surface area contributed by atoms with Crippen LogP contribution in [0.15, 0.2) is 53.4 Å². The molecule has 2 aromatic carbocycles. The molecule has 12 heteroatoms. The molecule has 0 radical (unpaired) electrons. The van der Waals surface area contributed by atoms with Gasteiger partial charge in [0.15, 0.2) is 0 Å². The number of amides is 1. The molecular formula is C17H14F6N2O3S. The quantitative estimate of drug-likeness (QED) is 0.716. The SMILES string of the molecule is CN(CC(=O)Nc1ccccc1C(F)(F)F)S(=O)(=O)c1cccc(C(F)(F)F)c1. The molecule has 2 rings (SSSR count). The number of hydrogen-bond donors (Lipinski definition) is 1. The summed E-state index contributed by atoms with van der Waals surface area (Å²) in [4.78, 5) is 11.3. The zero-order chi connectivity index (χ0) is 22.0. The van der Waals surface area contributed by atoms with Crippen LogP contribution in [0.1, 0.15) is 11.1 Å². The summed E-state index contributed by atoms with van der Waals surface area (Å²) < 4.78 is 102. The Bertz CT molecular complexity index is 1000. The van der Waals surface area contributed by atoms with Crippen LogP contribution < -0.4 is 5.32 Å². The number of halogens is 6. The highest BCUT2D eigenvalue weighted by Gasteiger charge is 2.34. The summed E-state index contributed by atoms with van der Waals surface area (Å²) in [5, 5.41) is 1.96. The van der Waals surface area contributed by atoms with E-state index in [4.69, 9.17) is 0 Å². The predicted octanol–water partition coefficient (Wildman–Crippen LogP) is 3.98. The third-order valence-electron chi connectivity index (χ3n) is 3.74. The molecule has 1 amide bonds. The van der Waals surface area contributed by atoms with E-state index in [0.717, 1.165) is 37.4 Å². The van der Waals surface area contributed by atoms with Crippen molar-refractivity contribution in [3.8, 4) is 0 Å². The van der Waals surface area contributed by atoms with Crippen molar-refractivity contribution in [2.45, 2.75) is 17.2 Å². The summed E-state index contributed by atoms with van der Waals surface area (Å²) in [6.07, 6.45) is -9.53. The molecule has 0 saturated heterocycles. The number of nitrogens with zero attached hydrogens (tertiary/aromatic N) is 1. The van der Waals surface area contributed by atoms with Crippen LogP contribution in [-0.4, -0.2) is 32.2 Å². The van der Waals surface area contributed by atoms with E-state index >= 15 is 0 Å². The number of para-hydroxylation sites is 1. The van der Waals surface area contributed by atoms with E-state index < -0.39 is 56.5 Å². The lowest BCUT2D eigenvalue weighted by Gasteiger charge is -2.19. The van der Waals surface area contributed by atoms with Gasteiger partial charge in [0.25, 0.3) is 0 Å². The van der Waals surface area contributed by atoms with Gasteiger partial charge in [-0.05, 0) is 30.3 Å². The van der Waals surface area contributed by atoms with E-state index in [1.54, 1.807) is 0 Å². The van der Waals surface area contributed by atoms with Gasteiger partial charge < -0.3 is 5.32 Å². The van der Waals surface area contributed by atoms with Crippen LogP contribution in [-0.2, 0) is 27.2 Å². The van der Waals surface area contributed by atoms with Gasteiger partial charge >= 0.3 is 12.4 Å². The van der Waals surface area contributed by atoms with Gasteiger partial charge in [0.2, 0.25) is 15.9 Å². The number of likely N-dealkylation sites (N-methyl/N-ethyl adjacent to an activating group) is 1.